The minimum Gasteiger partial charge on any atom is -0.463 e. The monoisotopic (exact) mass is 393 g/mol. The largest absolute Gasteiger partial charge is 0.463 e. The second-order valence-electron chi connectivity index (χ2n) is 6.63. The fourth-order valence-corrected chi connectivity index (χ4v) is 3.22. The van der Waals surface area contributed by atoms with Crippen LogP contribution in [-0.4, -0.2) is 42.6 Å². The van der Waals surface area contributed by atoms with Crippen molar-refractivity contribution in [3.05, 3.63) is 65.2 Å². The van der Waals surface area contributed by atoms with Crippen LogP contribution in [0.1, 0.15) is 39.1 Å². The molecule has 2 heterocycles. The maximum Gasteiger partial charge on any atom is 0.330 e. The molecular weight excluding hydrogens is 374 g/mol. The number of rotatable bonds is 7. The molecule has 4 rings (SSSR count). The molecule has 148 valence electrons. The third kappa shape index (κ3) is 3.99. The number of imide groups is 1. The van der Waals surface area contributed by atoms with Gasteiger partial charge in [0, 0.05) is 12.6 Å². The highest BCUT2D eigenvalue weighted by atomic mass is 16.7. The van der Waals surface area contributed by atoms with E-state index in [0.717, 1.165) is 5.56 Å². The van der Waals surface area contributed by atoms with Crippen molar-refractivity contribution >= 4 is 23.9 Å². The lowest BCUT2D eigenvalue weighted by Crippen LogP contribution is -2.30. The molecule has 2 aromatic rings. The van der Waals surface area contributed by atoms with Crippen molar-refractivity contribution in [3.63, 3.8) is 0 Å². The number of hydrogen-bond acceptors (Lipinski definition) is 6. The summed E-state index contributed by atoms with van der Waals surface area (Å²) in [6, 6.07) is 12.2. The first-order valence-corrected chi connectivity index (χ1v) is 9.33. The van der Waals surface area contributed by atoms with Gasteiger partial charge in [0.25, 0.3) is 11.8 Å². The van der Waals surface area contributed by atoms with Crippen LogP contribution < -0.4 is 9.47 Å². The van der Waals surface area contributed by atoms with E-state index in [9.17, 15) is 14.4 Å². The average Bonchev–Trinajstić information content (AvgIpc) is 3.30. The SMILES string of the molecule is O=C(C=Cc1ccc2c(c1)OCO2)OCCCCN1C(=O)c2ccccc2C1=O. The van der Waals surface area contributed by atoms with Crippen LogP contribution in [0.3, 0.4) is 0 Å². The predicted octanol–water partition coefficient (Wildman–Crippen LogP) is 3.05. The number of nitrogens with zero attached hydrogens (tertiary/aromatic N) is 1. The van der Waals surface area contributed by atoms with Gasteiger partial charge in [0.15, 0.2) is 11.5 Å². The van der Waals surface area contributed by atoms with E-state index in [0.29, 0.717) is 42.0 Å². The molecule has 0 atom stereocenters. The topological polar surface area (TPSA) is 82.1 Å². The Bertz CT molecular complexity index is 962. The molecule has 7 nitrogen and oxygen atoms in total. The molecule has 2 aliphatic heterocycles. The van der Waals surface area contributed by atoms with Crippen LogP contribution in [0.5, 0.6) is 11.5 Å². The van der Waals surface area contributed by atoms with Gasteiger partial charge in [-0.05, 0) is 48.7 Å². The van der Waals surface area contributed by atoms with Crippen molar-refractivity contribution in [3.8, 4) is 11.5 Å². The maximum absolute atomic E-state index is 12.3. The highest BCUT2D eigenvalue weighted by molar-refractivity contribution is 6.21. The van der Waals surface area contributed by atoms with Gasteiger partial charge in [0.05, 0.1) is 17.7 Å². The van der Waals surface area contributed by atoms with E-state index in [2.05, 4.69) is 0 Å². The lowest BCUT2D eigenvalue weighted by Gasteiger charge is -2.13. The molecule has 0 saturated carbocycles. The van der Waals surface area contributed by atoms with Crippen molar-refractivity contribution in [1.82, 2.24) is 4.90 Å². The van der Waals surface area contributed by atoms with Gasteiger partial charge in [0.2, 0.25) is 6.79 Å². The Morgan fingerprint density at radius 3 is 2.48 bits per heavy atom. The molecule has 0 aromatic heterocycles. The van der Waals surface area contributed by atoms with Crippen LogP contribution in [0.4, 0.5) is 0 Å². The third-order valence-corrected chi connectivity index (χ3v) is 4.71. The zero-order valence-corrected chi connectivity index (χ0v) is 15.6. The van der Waals surface area contributed by atoms with Crippen molar-refractivity contribution in [2.75, 3.05) is 19.9 Å². The maximum atomic E-state index is 12.3. The van der Waals surface area contributed by atoms with E-state index in [1.807, 2.05) is 6.07 Å². The van der Waals surface area contributed by atoms with Gasteiger partial charge in [-0.15, -0.1) is 0 Å². The van der Waals surface area contributed by atoms with E-state index in [-0.39, 0.29) is 25.2 Å². The number of ether oxygens (including phenoxy) is 3. The van der Waals surface area contributed by atoms with Crippen molar-refractivity contribution in [2.24, 2.45) is 0 Å². The van der Waals surface area contributed by atoms with E-state index in [1.165, 1.54) is 11.0 Å². The summed E-state index contributed by atoms with van der Waals surface area (Å²) in [6.07, 6.45) is 4.10. The molecule has 2 aliphatic rings. The lowest BCUT2D eigenvalue weighted by atomic mass is 10.1. The van der Waals surface area contributed by atoms with Crippen LogP contribution in [0, 0.1) is 0 Å². The van der Waals surface area contributed by atoms with Crippen LogP contribution in [0.15, 0.2) is 48.5 Å². The number of carbonyl (C=O) groups is 3. The van der Waals surface area contributed by atoms with Gasteiger partial charge >= 0.3 is 5.97 Å². The molecular formula is C22H19NO6. The summed E-state index contributed by atoms with van der Waals surface area (Å²) in [6.45, 7) is 0.718. The van der Waals surface area contributed by atoms with Crippen molar-refractivity contribution in [1.29, 1.82) is 0 Å². The first-order valence-electron chi connectivity index (χ1n) is 9.33. The summed E-state index contributed by atoms with van der Waals surface area (Å²) in [5, 5.41) is 0. The van der Waals surface area contributed by atoms with Gasteiger partial charge in [0.1, 0.15) is 0 Å². The highest BCUT2D eigenvalue weighted by Crippen LogP contribution is 2.32. The number of esters is 1. The lowest BCUT2D eigenvalue weighted by molar-refractivity contribution is -0.137. The summed E-state index contributed by atoms with van der Waals surface area (Å²) in [5.41, 5.74) is 1.69. The number of benzene rings is 2. The molecule has 29 heavy (non-hydrogen) atoms. The van der Waals surface area contributed by atoms with E-state index in [1.54, 1.807) is 42.5 Å². The molecule has 2 amide bonds. The molecule has 0 unspecified atom stereocenters. The van der Waals surface area contributed by atoms with E-state index < -0.39 is 5.97 Å². The minimum absolute atomic E-state index is 0.200. The second-order valence-corrected chi connectivity index (χ2v) is 6.63. The van der Waals surface area contributed by atoms with Crippen LogP contribution in [-0.2, 0) is 9.53 Å². The van der Waals surface area contributed by atoms with Gasteiger partial charge in [-0.1, -0.05) is 18.2 Å². The molecule has 0 radical (unpaired) electrons. The van der Waals surface area contributed by atoms with Crippen molar-refractivity contribution in [2.45, 2.75) is 12.8 Å². The van der Waals surface area contributed by atoms with E-state index >= 15 is 0 Å². The second kappa shape index (κ2) is 8.18. The highest BCUT2D eigenvalue weighted by Gasteiger charge is 2.34. The Balaban J connectivity index is 1.19. The number of unbranched alkanes of at least 4 members (excludes halogenated alkanes) is 1. The third-order valence-electron chi connectivity index (χ3n) is 4.71. The molecule has 0 saturated heterocycles. The van der Waals surface area contributed by atoms with Crippen LogP contribution in [0.2, 0.25) is 0 Å². The number of hydrogen-bond donors (Lipinski definition) is 0. The summed E-state index contributed by atoms with van der Waals surface area (Å²) in [4.78, 5) is 37.6. The number of fused-ring (bicyclic) bond motifs is 2. The molecule has 2 aromatic carbocycles. The Kier molecular flexibility index (Phi) is 5.29. The summed E-state index contributed by atoms with van der Waals surface area (Å²) < 4.78 is 15.7. The number of carbonyl (C=O) groups excluding carboxylic acids is 3. The minimum atomic E-state index is -0.455. The summed E-state index contributed by atoms with van der Waals surface area (Å²) >= 11 is 0. The molecule has 0 N–H and O–H groups in total. The van der Waals surface area contributed by atoms with E-state index in [4.69, 9.17) is 14.2 Å². The number of amides is 2. The zero-order chi connectivity index (χ0) is 20.2. The molecule has 0 bridgehead atoms. The standard InChI is InChI=1S/C22H19NO6/c24-20(10-8-15-7-9-18-19(13-15)29-14-28-18)27-12-4-3-11-23-21(25)16-5-1-2-6-17(16)22(23)26/h1-2,5-10,13H,3-4,11-12,14H2. The Morgan fingerprint density at radius 2 is 1.72 bits per heavy atom. The van der Waals surface area contributed by atoms with Gasteiger partial charge in [-0.3, -0.25) is 14.5 Å². The predicted molar refractivity (Wildman–Crippen MR) is 104 cm³/mol. The molecule has 0 spiro atoms. The first-order chi connectivity index (χ1) is 14.1. The summed E-state index contributed by atoms with van der Waals surface area (Å²) in [7, 11) is 0. The van der Waals surface area contributed by atoms with Gasteiger partial charge in [-0.2, -0.15) is 0 Å². The Labute approximate surface area is 167 Å². The first kappa shape index (κ1) is 18.7. The zero-order valence-electron chi connectivity index (χ0n) is 15.6. The van der Waals surface area contributed by atoms with Gasteiger partial charge in [-0.25, -0.2) is 4.79 Å². The van der Waals surface area contributed by atoms with Crippen LogP contribution >= 0.6 is 0 Å². The Hall–Kier alpha value is -3.61. The Morgan fingerprint density at radius 1 is 1.00 bits per heavy atom. The fourth-order valence-electron chi connectivity index (χ4n) is 3.22. The molecule has 0 fully saturated rings. The van der Waals surface area contributed by atoms with Gasteiger partial charge < -0.3 is 14.2 Å². The fraction of sp³-hybridized carbons (Fsp3) is 0.227. The van der Waals surface area contributed by atoms with Crippen LogP contribution in [0.25, 0.3) is 6.08 Å². The smallest absolute Gasteiger partial charge is 0.330 e. The average molecular weight is 393 g/mol. The quantitative estimate of drug-likeness (QED) is 0.311. The summed E-state index contributed by atoms with van der Waals surface area (Å²) in [5.74, 6) is 0.336. The molecule has 0 aliphatic carbocycles. The normalized spacial score (nSPS) is 14.6. The molecule has 7 heteroatoms. The van der Waals surface area contributed by atoms with Crippen molar-refractivity contribution < 1.29 is 28.6 Å².